The summed E-state index contributed by atoms with van der Waals surface area (Å²) in [7, 11) is 1.84. The van der Waals surface area contributed by atoms with Crippen LogP contribution in [0.1, 0.15) is 6.42 Å². The molecule has 1 aromatic carbocycles. The minimum Gasteiger partial charge on any atom is -0.490 e. The molecular weight excluding hydrogens is 551 g/mol. The van der Waals surface area contributed by atoms with Crippen LogP contribution in [-0.4, -0.2) is 82.4 Å². The summed E-state index contributed by atoms with van der Waals surface area (Å²) in [6, 6.07) is 6.29. The van der Waals surface area contributed by atoms with Gasteiger partial charge >= 0.3 is 6.09 Å². The summed E-state index contributed by atoms with van der Waals surface area (Å²) in [5.41, 5.74) is 2.80. The average Bonchev–Trinajstić information content (AvgIpc) is 3.73. The van der Waals surface area contributed by atoms with Gasteiger partial charge in [0.05, 0.1) is 30.7 Å². The summed E-state index contributed by atoms with van der Waals surface area (Å²) in [4.78, 5) is 25.2. The number of hydrogen-bond acceptors (Lipinski definition) is 9. The summed E-state index contributed by atoms with van der Waals surface area (Å²) in [6.07, 6.45) is 4.53. The van der Waals surface area contributed by atoms with Crippen LogP contribution in [0.5, 0.6) is 5.75 Å². The van der Waals surface area contributed by atoms with Crippen LogP contribution < -0.4 is 10.1 Å². The Labute approximate surface area is 239 Å². The van der Waals surface area contributed by atoms with Gasteiger partial charge in [0.15, 0.2) is 0 Å². The van der Waals surface area contributed by atoms with Crippen LogP contribution in [0.15, 0.2) is 54.7 Å². The number of thiophene rings is 1. The third kappa shape index (κ3) is 6.69. The second-order valence-corrected chi connectivity index (χ2v) is 10.2. The van der Waals surface area contributed by atoms with Gasteiger partial charge in [-0.1, -0.05) is 6.58 Å². The standard InChI is InChI=1S/C28H29FN6O5S/c1-3-24(36)35-9-6-20(17-35)40-28(37)30-8-10-38-11-12-39-23-14-19(29)4-5-21(23)26-27-22(7-13-41-27)25(32-33-26)18-15-31-34(2)16-18/h3-5,7,13-16,20H,1,6,8-12,17H2,2H3,(H,30,37). The Bertz CT molecular complexity index is 1560. The van der Waals surface area contributed by atoms with E-state index in [1.165, 1.54) is 29.5 Å². The molecule has 1 fully saturated rings. The van der Waals surface area contributed by atoms with Crippen LogP contribution in [-0.2, 0) is 21.3 Å². The van der Waals surface area contributed by atoms with Gasteiger partial charge < -0.3 is 24.4 Å². The van der Waals surface area contributed by atoms with E-state index in [9.17, 15) is 14.0 Å². The van der Waals surface area contributed by atoms with Crippen molar-refractivity contribution in [2.75, 3.05) is 39.5 Å². The molecule has 1 unspecified atom stereocenters. The molecule has 2 amide bonds. The molecule has 0 bridgehead atoms. The van der Waals surface area contributed by atoms with Crippen molar-refractivity contribution in [3.05, 3.63) is 60.5 Å². The number of nitrogens with zero attached hydrogens (tertiary/aromatic N) is 5. The molecule has 11 nitrogen and oxygen atoms in total. The van der Waals surface area contributed by atoms with Gasteiger partial charge in [0.25, 0.3) is 0 Å². The normalized spacial score (nSPS) is 14.8. The first-order chi connectivity index (χ1) is 19.9. The Hall–Kier alpha value is -4.36. The van der Waals surface area contributed by atoms with Gasteiger partial charge in [-0.15, -0.1) is 21.5 Å². The van der Waals surface area contributed by atoms with E-state index in [-0.39, 0.29) is 38.4 Å². The van der Waals surface area contributed by atoms with Gasteiger partial charge in [-0.05, 0) is 29.7 Å². The number of nitrogens with one attached hydrogen (secondary N) is 1. The molecule has 0 aliphatic carbocycles. The van der Waals surface area contributed by atoms with Crippen molar-refractivity contribution < 1.29 is 28.2 Å². The Morgan fingerprint density at radius 3 is 2.88 bits per heavy atom. The number of amides is 2. The third-order valence-electron chi connectivity index (χ3n) is 6.47. The van der Waals surface area contributed by atoms with Crippen LogP contribution in [0.2, 0.25) is 0 Å². The molecule has 1 atom stereocenters. The van der Waals surface area contributed by atoms with Crippen molar-refractivity contribution in [2.24, 2.45) is 7.05 Å². The first-order valence-electron chi connectivity index (χ1n) is 13.0. The largest absolute Gasteiger partial charge is 0.490 e. The van der Waals surface area contributed by atoms with E-state index in [1.54, 1.807) is 21.8 Å². The number of carbonyl (C=O) groups is 2. The predicted octanol–water partition coefficient (Wildman–Crippen LogP) is 3.81. The molecule has 1 saturated heterocycles. The van der Waals surface area contributed by atoms with Crippen LogP contribution in [0.4, 0.5) is 9.18 Å². The van der Waals surface area contributed by atoms with Crippen molar-refractivity contribution in [1.29, 1.82) is 0 Å². The molecule has 214 valence electrons. The Morgan fingerprint density at radius 2 is 2.07 bits per heavy atom. The number of halogens is 1. The smallest absolute Gasteiger partial charge is 0.407 e. The number of alkyl carbamates (subject to hydrolysis) is 1. The first-order valence-corrected chi connectivity index (χ1v) is 13.9. The van der Waals surface area contributed by atoms with Gasteiger partial charge in [0.2, 0.25) is 5.91 Å². The zero-order valence-electron chi connectivity index (χ0n) is 22.4. The van der Waals surface area contributed by atoms with E-state index in [2.05, 4.69) is 27.2 Å². The van der Waals surface area contributed by atoms with Gasteiger partial charge in [0, 0.05) is 55.3 Å². The maximum atomic E-state index is 14.2. The van der Waals surface area contributed by atoms with Crippen molar-refractivity contribution in [2.45, 2.75) is 12.5 Å². The van der Waals surface area contributed by atoms with E-state index < -0.39 is 11.9 Å². The minimum absolute atomic E-state index is 0.158. The fourth-order valence-electron chi connectivity index (χ4n) is 4.51. The van der Waals surface area contributed by atoms with Gasteiger partial charge in [-0.2, -0.15) is 5.10 Å². The summed E-state index contributed by atoms with van der Waals surface area (Å²) >= 11 is 1.52. The number of fused-ring (bicyclic) bond motifs is 1. The minimum atomic E-state index is -0.567. The predicted molar refractivity (Wildman–Crippen MR) is 151 cm³/mol. The SMILES string of the molecule is C=CC(=O)N1CCC(OC(=O)NCCOCCOc2cc(F)ccc2-c2nnc(-c3cnn(C)c3)c3ccsc23)C1. The second kappa shape index (κ2) is 12.9. The number of likely N-dealkylation sites (tertiary alicyclic amines) is 1. The van der Waals surface area contributed by atoms with Crippen molar-refractivity contribution >= 4 is 33.4 Å². The van der Waals surface area contributed by atoms with Gasteiger partial charge in [-0.3, -0.25) is 9.48 Å². The van der Waals surface area contributed by atoms with Crippen molar-refractivity contribution in [3.63, 3.8) is 0 Å². The number of ether oxygens (including phenoxy) is 3. The molecule has 4 aromatic rings. The van der Waals surface area contributed by atoms with Crippen LogP contribution in [0, 0.1) is 5.82 Å². The average molecular weight is 581 g/mol. The molecule has 1 aliphatic rings. The van der Waals surface area contributed by atoms with E-state index in [0.717, 1.165) is 21.3 Å². The number of benzene rings is 1. The lowest BCUT2D eigenvalue weighted by atomic mass is 10.1. The lowest BCUT2D eigenvalue weighted by Crippen LogP contribution is -2.34. The number of aryl methyl sites for hydroxylation is 1. The maximum Gasteiger partial charge on any atom is 0.407 e. The topological polar surface area (TPSA) is 121 Å². The molecule has 13 heteroatoms. The highest BCUT2D eigenvalue weighted by molar-refractivity contribution is 7.17. The summed E-state index contributed by atoms with van der Waals surface area (Å²) in [5, 5.41) is 18.7. The third-order valence-corrected chi connectivity index (χ3v) is 7.39. The molecule has 0 radical (unpaired) electrons. The van der Waals surface area contributed by atoms with E-state index in [0.29, 0.717) is 36.5 Å². The number of carbonyl (C=O) groups excluding carboxylic acids is 2. The highest BCUT2D eigenvalue weighted by Gasteiger charge is 2.27. The molecule has 1 N–H and O–H groups in total. The summed E-state index contributed by atoms with van der Waals surface area (Å²) < 4.78 is 33.5. The van der Waals surface area contributed by atoms with Gasteiger partial charge in [-0.25, -0.2) is 9.18 Å². The van der Waals surface area contributed by atoms with Gasteiger partial charge in [0.1, 0.15) is 35.7 Å². The maximum absolute atomic E-state index is 14.2. The monoisotopic (exact) mass is 580 g/mol. The molecule has 4 heterocycles. The molecule has 3 aromatic heterocycles. The Kier molecular flexibility index (Phi) is 8.85. The highest BCUT2D eigenvalue weighted by Crippen LogP contribution is 2.39. The van der Waals surface area contributed by atoms with Crippen molar-refractivity contribution in [3.8, 4) is 28.3 Å². The first kappa shape index (κ1) is 28.2. The zero-order valence-corrected chi connectivity index (χ0v) is 23.2. The zero-order chi connectivity index (χ0) is 28.8. The molecule has 0 spiro atoms. The highest BCUT2D eigenvalue weighted by atomic mass is 32.1. The summed E-state index contributed by atoms with van der Waals surface area (Å²) in [5.74, 6) is -0.285. The second-order valence-electron chi connectivity index (χ2n) is 9.30. The van der Waals surface area contributed by atoms with Crippen LogP contribution in [0.3, 0.4) is 0 Å². The summed E-state index contributed by atoms with van der Waals surface area (Å²) in [6.45, 7) is 5.19. The number of aromatic nitrogens is 4. The van der Waals surface area contributed by atoms with E-state index >= 15 is 0 Å². The lowest BCUT2D eigenvalue weighted by molar-refractivity contribution is -0.125. The fourth-order valence-corrected chi connectivity index (χ4v) is 5.40. The van der Waals surface area contributed by atoms with E-state index in [4.69, 9.17) is 14.2 Å². The fraction of sp³-hybridized carbons (Fsp3) is 0.321. The quantitative estimate of drug-likeness (QED) is 0.210. The van der Waals surface area contributed by atoms with Crippen LogP contribution in [0.25, 0.3) is 32.6 Å². The number of rotatable bonds is 11. The molecule has 5 rings (SSSR count). The van der Waals surface area contributed by atoms with Crippen molar-refractivity contribution in [1.82, 2.24) is 30.2 Å². The molecule has 1 aliphatic heterocycles. The molecule has 0 saturated carbocycles. The van der Waals surface area contributed by atoms with E-state index in [1.807, 2.05) is 24.7 Å². The van der Waals surface area contributed by atoms with Crippen LogP contribution >= 0.6 is 11.3 Å². The molecule has 41 heavy (non-hydrogen) atoms. The Morgan fingerprint density at radius 1 is 1.22 bits per heavy atom. The Balaban J connectivity index is 1.12. The lowest BCUT2D eigenvalue weighted by Gasteiger charge is -2.15. The molecular formula is C28H29FN6O5S. The number of hydrogen-bond donors (Lipinski definition) is 1.